The number of β-amino-alcohol motifs (C(OH)–C–C–N with tert-alkyl or cyclic N) is 1. The Morgan fingerprint density at radius 1 is 1.18 bits per heavy atom. The molecule has 1 saturated heterocycles. The normalized spacial score (nSPS) is 25.9. The minimum absolute atomic E-state index is 0.139. The van der Waals surface area contributed by atoms with Crippen molar-refractivity contribution in [3.05, 3.63) is 0 Å². The smallest absolute Gasteiger partial charge is 0.0757 e. The molecule has 0 aromatic carbocycles. The fourth-order valence-corrected chi connectivity index (χ4v) is 3.99. The predicted molar refractivity (Wildman–Crippen MR) is 74.6 cm³/mol. The van der Waals surface area contributed by atoms with E-state index in [-0.39, 0.29) is 6.10 Å². The topological polar surface area (TPSA) is 35.5 Å². The number of rotatable bonds is 5. The van der Waals surface area contributed by atoms with Gasteiger partial charge in [0, 0.05) is 43.7 Å². The quantitative estimate of drug-likeness (QED) is 0.780. The SMILES string of the molecule is OC(CSC1CCCCC1)CN1CCNCC1. The summed E-state index contributed by atoms with van der Waals surface area (Å²) >= 11 is 2.00. The standard InChI is InChI=1S/C13H26N2OS/c16-12(10-15-8-6-14-7-9-15)11-17-13-4-2-1-3-5-13/h12-14,16H,1-11H2. The number of nitrogens with zero attached hydrogens (tertiary/aromatic N) is 1. The van der Waals surface area contributed by atoms with E-state index in [9.17, 15) is 5.11 Å². The summed E-state index contributed by atoms with van der Waals surface area (Å²) in [5, 5.41) is 14.2. The Balaban J connectivity index is 1.57. The summed E-state index contributed by atoms with van der Waals surface area (Å²) in [6.07, 6.45) is 6.80. The van der Waals surface area contributed by atoms with E-state index in [1.807, 2.05) is 11.8 Å². The molecule has 2 fully saturated rings. The molecule has 2 rings (SSSR count). The summed E-state index contributed by atoms with van der Waals surface area (Å²) in [4.78, 5) is 2.38. The van der Waals surface area contributed by atoms with Crippen molar-refractivity contribution in [2.75, 3.05) is 38.5 Å². The van der Waals surface area contributed by atoms with E-state index in [0.717, 1.165) is 43.7 Å². The third kappa shape index (κ3) is 5.16. The lowest BCUT2D eigenvalue weighted by molar-refractivity contribution is 0.121. The second-order valence-corrected chi connectivity index (χ2v) is 6.63. The molecule has 1 atom stereocenters. The van der Waals surface area contributed by atoms with Crippen LogP contribution in [-0.4, -0.2) is 59.8 Å². The van der Waals surface area contributed by atoms with Crippen molar-refractivity contribution in [1.82, 2.24) is 10.2 Å². The van der Waals surface area contributed by atoms with Crippen LogP contribution in [0.25, 0.3) is 0 Å². The summed E-state index contributed by atoms with van der Waals surface area (Å²) < 4.78 is 0. The van der Waals surface area contributed by atoms with E-state index in [2.05, 4.69) is 10.2 Å². The molecule has 0 bridgehead atoms. The van der Waals surface area contributed by atoms with Crippen LogP contribution in [0.5, 0.6) is 0 Å². The monoisotopic (exact) mass is 258 g/mol. The Labute approximate surface area is 109 Å². The van der Waals surface area contributed by atoms with E-state index >= 15 is 0 Å². The number of nitrogens with one attached hydrogen (secondary N) is 1. The highest BCUT2D eigenvalue weighted by molar-refractivity contribution is 7.99. The molecule has 4 heteroatoms. The van der Waals surface area contributed by atoms with E-state index < -0.39 is 0 Å². The van der Waals surface area contributed by atoms with Gasteiger partial charge in [0.15, 0.2) is 0 Å². The molecule has 0 aromatic heterocycles. The van der Waals surface area contributed by atoms with Crippen LogP contribution in [0.1, 0.15) is 32.1 Å². The van der Waals surface area contributed by atoms with Crippen LogP contribution in [0.4, 0.5) is 0 Å². The maximum absolute atomic E-state index is 10.0. The second kappa shape index (κ2) is 7.62. The Hall–Kier alpha value is 0.230. The number of hydrogen-bond donors (Lipinski definition) is 2. The van der Waals surface area contributed by atoms with Gasteiger partial charge in [-0.05, 0) is 12.8 Å². The molecule has 0 aromatic rings. The van der Waals surface area contributed by atoms with Gasteiger partial charge in [-0.15, -0.1) is 0 Å². The lowest BCUT2D eigenvalue weighted by Crippen LogP contribution is -2.46. The molecule has 17 heavy (non-hydrogen) atoms. The Kier molecular flexibility index (Phi) is 6.12. The van der Waals surface area contributed by atoms with Crippen molar-refractivity contribution in [1.29, 1.82) is 0 Å². The third-order valence-corrected chi connectivity index (χ3v) is 5.28. The molecule has 2 aliphatic rings. The zero-order valence-corrected chi connectivity index (χ0v) is 11.6. The van der Waals surface area contributed by atoms with Crippen molar-refractivity contribution in [3.63, 3.8) is 0 Å². The molecule has 100 valence electrons. The average molecular weight is 258 g/mol. The largest absolute Gasteiger partial charge is 0.391 e. The average Bonchev–Trinajstić information content (AvgIpc) is 2.39. The first-order valence-electron chi connectivity index (χ1n) is 7.07. The number of aliphatic hydroxyl groups excluding tert-OH is 1. The Morgan fingerprint density at radius 2 is 1.88 bits per heavy atom. The van der Waals surface area contributed by atoms with Gasteiger partial charge in [-0.1, -0.05) is 19.3 Å². The van der Waals surface area contributed by atoms with Gasteiger partial charge in [0.1, 0.15) is 0 Å². The van der Waals surface area contributed by atoms with Crippen LogP contribution in [-0.2, 0) is 0 Å². The zero-order chi connectivity index (χ0) is 11.9. The van der Waals surface area contributed by atoms with Crippen LogP contribution >= 0.6 is 11.8 Å². The van der Waals surface area contributed by atoms with Gasteiger partial charge < -0.3 is 10.4 Å². The third-order valence-electron chi connectivity index (χ3n) is 3.76. The highest BCUT2D eigenvalue weighted by Gasteiger charge is 2.18. The van der Waals surface area contributed by atoms with E-state index in [1.165, 1.54) is 32.1 Å². The molecular formula is C13H26N2OS. The second-order valence-electron chi connectivity index (χ2n) is 5.30. The fourth-order valence-electron chi connectivity index (χ4n) is 2.72. The van der Waals surface area contributed by atoms with Gasteiger partial charge in [-0.3, -0.25) is 4.90 Å². The molecule has 1 heterocycles. The first-order chi connectivity index (χ1) is 8.34. The summed E-state index contributed by atoms with van der Waals surface area (Å²) in [6.45, 7) is 5.18. The molecule has 1 aliphatic heterocycles. The lowest BCUT2D eigenvalue weighted by atomic mass is 10.0. The van der Waals surface area contributed by atoms with E-state index in [1.54, 1.807) is 0 Å². The lowest BCUT2D eigenvalue weighted by Gasteiger charge is -2.29. The molecular weight excluding hydrogens is 232 g/mol. The van der Waals surface area contributed by atoms with Crippen molar-refractivity contribution in [2.24, 2.45) is 0 Å². The van der Waals surface area contributed by atoms with Gasteiger partial charge in [0.05, 0.1) is 6.10 Å². The van der Waals surface area contributed by atoms with Gasteiger partial charge >= 0.3 is 0 Å². The highest BCUT2D eigenvalue weighted by Crippen LogP contribution is 2.28. The molecule has 3 nitrogen and oxygen atoms in total. The summed E-state index contributed by atoms with van der Waals surface area (Å²) in [6, 6.07) is 0. The maximum atomic E-state index is 10.0. The van der Waals surface area contributed by atoms with Crippen LogP contribution < -0.4 is 5.32 Å². The van der Waals surface area contributed by atoms with Crippen molar-refractivity contribution in [3.8, 4) is 0 Å². The molecule has 1 unspecified atom stereocenters. The molecule has 0 amide bonds. The Morgan fingerprint density at radius 3 is 2.59 bits per heavy atom. The van der Waals surface area contributed by atoms with Crippen molar-refractivity contribution < 1.29 is 5.11 Å². The minimum atomic E-state index is -0.139. The van der Waals surface area contributed by atoms with E-state index in [4.69, 9.17) is 0 Å². The number of aliphatic hydroxyl groups is 1. The summed E-state index contributed by atoms with van der Waals surface area (Å²) in [5.41, 5.74) is 0. The summed E-state index contributed by atoms with van der Waals surface area (Å²) in [5.74, 6) is 0.925. The minimum Gasteiger partial charge on any atom is -0.391 e. The molecule has 1 saturated carbocycles. The summed E-state index contributed by atoms with van der Waals surface area (Å²) in [7, 11) is 0. The van der Waals surface area contributed by atoms with Gasteiger partial charge in [-0.2, -0.15) is 11.8 Å². The maximum Gasteiger partial charge on any atom is 0.0757 e. The van der Waals surface area contributed by atoms with Gasteiger partial charge in [0.25, 0.3) is 0 Å². The number of piperazine rings is 1. The first-order valence-corrected chi connectivity index (χ1v) is 8.12. The molecule has 0 spiro atoms. The zero-order valence-electron chi connectivity index (χ0n) is 10.7. The molecule has 1 aliphatic carbocycles. The van der Waals surface area contributed by atoms with Crippen LogP contribution in [0, 0.1) is 0 Å². The number of hydrogen-bond acceptors (Lipinski definition) is 4. The number of thioether (sulfide) groups is 1. The molecule has 2 N–H and O–H groups in total. The van der Waals surface area contributed by atoms with Crippen LogP contribution in [0.3, 0.4) is 0 Å². The van der Waals surface area contributed by atoms with E-state index in [0.29, 0.717) is 0 Å². The predicted octanol–water partition coefficient (Wildman–Crippen LogP) is 1.32. The Bertz CT molecular complexity index is 204. The first kappa shape index (κ1) is 13.7. The van der Waals surface area contributed by atoms with Gasteiger partial charge in [-0.25, -0.2) is 0 Å². The van der Waals surface area contributed by atoms with Crippen LogP contribution in [0.2, 0.25) is 0 Å². The van der Waals surface area contributed by atoms with Crippen molar-refractivity contribution >= 4 is 11.8 Å². The fraction of sp³-hybridized carbons (Fsp3) is 1.00. The van der Waals surface area contributed by atoms with Crippen molar-refractivity contribution in [2.45, 2.75) is 43.5 Å². The van der Waals surface area contributed by atoms with Crippen LogP contribution in [0.15, 0.2) is 0 Å². The highest BCUT2D eigenvalue weighted by atomic mass is 32.2. The van der Waals surface area contributed by atoms with Gasteiger partial charge in [0.2, 0.25) is 0 Å². The molecule has 0 radical (unpaired) electrons.